The molecule has 0 aliphatic rings. The topological polar surface area (TPSA) is 54.4 Å². The summed E-state index contributed by atoms with van der Waals surface area (Å²) < 4.78 is 6.47. The molecule has 0 rings (SSSR count). The van der Waals surface area contributed by atoms with Crippen molar-refractivity contribution in [1.29, 1.82) is 0 Å². The average Bonchev–Trinajstić information content (AvgIpc) is 1.46. The molecule has 1 N–H and O–H groups in total. The molecular weight excluding hydrogens is 136 g/mol. The van der Waals surface area contributed by atoms with Crippen molar-refractivity contribution in [3.8, 4) is 0 Å². The van der Waals surface area contributed by atoms with Crippen molar-refractivity contribution in [2.24, 2.45) is 0 Å². The van der Waals surface area contributed by atoms with Crippen LogP contribution in [0.5, 0.6) is 0 Å². The van der Waals surface area contributed by atoms with Crippen molar-refractivity contribution in [3.05, 3.63) is 0 Å². The fourth-order valence-corrected chi connectivity index (χ4v) is 0. The zero-order valence-electron chi connectivity index (χ0n) is 2.14. The van der Waals surface area contributed by atoms with Gasteiger partial charge in [0.1, 0.15) is 0 Å². The Morgan fingerprint density at radius 2 is 1.33 bits per heavy atom. The van der Waals surface area contributed by atoms with Crippen molar-refractivity contribution in [2.45, 2.75) is 0 Å². The van der Waals surface area contributed by atoms with E-state index in [-0.39, 0.29) is 43.9 Å². The average molecular weight is 139 g/mol. The Kier molecular flexibility index (Phi) is 104. The zero-order valence-corrected chi connectivity index (χ0v) is 2.90. The van der Waals surface area contributed by atoms with E-state index in [1.54, 1.807) is 0 Å². The van der Waals surface area contributed by atoms with Gasteiger partial charge in [0.25, 0.3) is 0 Å². The molecule has 34 valence electrons. The third-order valence-electron chi connectivity index (χ3n) is 0. The summed E-state index contributed by atoms with van der Waals surface area (Å²) in [7, 11) is 0. The van der Waals surface area contributed by atoms with Crippen molar-refractivity contribution in [3.63, 3.8) is 0 Å². The van der Waals surface area contributed by atoms with Gasteiger partial charge in [0.15, 0.2) is 0 Å². The second-order valence-electron chi connectivity index (χ2n) is 0.0833. The van der Waals surface area contributed by atoms with Crippen LogP contribution in [0.1, 0.15) is 0 Å². The molecule has 0 spiro atoms. The minimum absolute atomic E-state index is 0. The molecule has 5 heteroatoms. The summed E-state index contributed by atoms with van der Waals surface area (Å²) in [4.78, 5) is 16.2. The van der Waals surface area contributed by atoms with E-state index in [1.165, 1.54) is 0 Å². The molecule has 0 heterocycles. The second kappa shape index (κ2) is 39.4. The van der Waals surface area contributed by atoms with Crippen LogP contribution in [-0.2, 0) is 9.59 Å². The van der Waals surface area contributed by atoms with E-state index < -0.39 is 0 Å². The van der Waals surface area contributed by atoms with Crippen LogP contribution in [0.15, 0.2) is 0 Å². The molecular formula is CH3CaClO3. The Morgan fingerprint density at radius 3 is 1.33 bits per heavy atom. The Balaban J connectivity index is -0.0000000275. The van der Waals surface area contributed by atoms with Gasteiger partial charge in [-0.2, -0.15) is 9.59 Å². The van der Waals surface area contributed by atoms with Gasteiger partial charge in [-0.3, -0.25) is 4.66 Å². The van der Waals surface area contributed by atoms with Gasteiger partial charge in [-0.25, -0.2) is 0 Å². The first-order valence-electron chi connectivity index (χ1n) is 0.577. The quantitative estimate of drug-likeness (QED) is 0.421. The van der Waals surface area contributed by atoms with Gasteiger partial charge < -0.3 is 0 Å². The summed E-state index contributed by atoms with van der Waals surface area (Å²) in [5, 5.41) is 0. The van der Waals surface area contributed by atoms with Crippen molar-refractivity contribution < 1.29 is 14.2 Å². The first-order valence-corrected chi connectivity index (χ1v) is 0.915. The molecule has 0 unspecified atom stereocenters. The SMILES string of the molecule is O=C=O.OCl.[CaH2]. The van der Waals surface area contributed by atoms with Gasteiger partial charge in [-0.05, 0) is 0 Å². The van der Waals surface area contributed by atoms with Crippen LogP contribution in [0.3, 0.4) is 0 Å². The molecule has 0 bridgehead atoms. The van der Waals surface area contributed by atoms with Gasteiger partial charge in [-0.15, -0.1) is 0 Å². The summed E-state index contributed by atoms with van der Waals surface area (Å²) in [5.74, 6) is 0. The summed E-state index contributed by atoms with van der Waals surface area (Å²) >= 11 is 3.64. The number of rotatable bonds is 0. The molecule has 0 radical (unpaired) electrons. The summed E-state index contributed by atoms with van der Waals surface area (Å²) in [5.41, 5.74) is 0. The maximum absolute atomic E-state index is 8.12. The van der Waals surface area contributed by atoms with Crippen LogP contribution in [0.4, 0.5) is 0 Å². The Bertz CT molecular complexity index is 31.8. The molecule has 0 saturated heterocycles. The fraction of sp³-hybridized carbons (Fsp3) is 0. The molecule has 0 aliphatic heterocycles. The molecule has 0 amide bonds. The molecule has 0 aromatic rings. The molecule has 0 aromatic heterocycles. The molecule has 0 aromatic carbocycles. The van der Waals surface area contributed by atoms with Crippen molar-refractivity contribution in [1.82, 2.24) is 0 Å². The number of halogens is 1. The summed E-state index contributed by atoms with van der Waals surface area (Å²) in [6, 6.07) is 0. The van der Waals surface area contributed by atoms with E-state index in [0.29, 0.717) is 0 Å². The number of hydrogen-bond donors (Lipinski definition) is 1. The summed E-state index contributed by atoms with van der Waals surface area (Å²) in [6.07, 6.45) is 0.250. The Labute approximate surface area is 69.5 Å². The normalized spacial score (nSPS) is 2.33. The molecule has 3 nitrogen and oxygen atoms in total. The van der Waals surface area contributed by atoms with E-state index >= 15 is 0 Å². The van der Waals surface area contributed by atoms with Gasteiger partial charge in [0.2, 0.25) is 0 Å². The zero-order chi connectivity index (χ0) is 4.71. The number of carbonyl (C=O) groups excluding carboxylic acids is 2. The van der Waals surface area contributed by atoms with Gasteiger partial charge in [-0.1, -0.05) is 0 Å². The van der Waals surface area contributed by atoms with Gasteiger partial charge >= 0.3 is 43.9 Å². The molecule has 0 saturated carbocycles. The Morgan fingerprint density at radius 1 is 1.33 bits per heavy atom. The van der Waals surface area contributed by atoms with Crippen LogP contribution in [-0.4, -0.2) is 48.5 Å². The molecule has 0 atom stereocenters. The van der Waals surface area contributed by atoms with Crippen LogP contribution in [0, 0.1) is 0 Å². The monoisotopic (exact) mass is 138 g/mol. The first-order chi connectivity index (χ1) is 2.41. The Hall–Kier alpha value is 0.890. The maximum atomic E-state index is 8.12. The van der Waals surface area contributed by atoms with E-state index in [9.17, 15) is 0 Å². The molecule has 0 fully saturated rings. The third-order valence-corrected chi connectivity index (χ3v) is 0. The predicted molar refractivity (Wildman–Crippen MR) is 21.6 cm³/mol. The van der Waals surface area contributed by atoms with Crippen molar-refractivity contribution in [2.75, 3.05) is 0 Å². The van der Waals surface area contributed by atoms with Crippen LogP contribution in [0.2, 0.25) is 0 Å². The van der Waals surface area contributed by atoms with Crippen LogP contribution >= 0.6 is 11.9 Å². The summed E-state index contributed by atoms with van der Waals surface area (Å²) in [6.45, 7) is 0. The second-order valence-corrected chi connectivity index (χ2v) is 0.0833. The van der Waals surface area contributed by atoms with E-state index in [1.807, 2.05) is 0 Å². The van der Waals surface area contributed by atoms with E-state index in [0.717, 1.165) is 0 Å². The van der Waals surface area contributed by atoms with Crippen LogP contribution in [0.25, 0.3) is 0 Å². The van der Waals surface area contributed by atoms with E-state index in [2.05, 4.69) is 11.9 Å². The van der Waals surface area contributed by atoms with Crippen LogP contribution < -0.4 is 0 Å². The third kappa shape index (κ3) is 93.5. The minimum atomic E-state index is 0. The fourth-order valence-electron chi connectivity index (χ4n) is 0. The number of hydrogen-bond acceptors (Lipinski definition) is 3. The van der Waals surface area contributed by atoms with E-state index in [4.69, 9.17) is 14.2 Å². The van der Waals surface area contributed by atoms with Gasteiger partial charge in [0.05, 0.1) is 11.9 Å². The molecule has 0 aliphatic carbocycles. The predicted octanol–water partition coefficient (Wildman–Crippen LogP) is -1.37. The standard InChI is InChI=1S/CO2.Ca.ClHO.2H/c2-1-3;;1-2;;/h;;2H;;. The van der Waals surface area contributed by atoms with Gasteiger partial charge in [0, 0.05) is 0 Å². The molecule has 6 heavy (non-hydrogen) atoms. The first kappa shape index (κ1) is 15.8. The van der Waals surface area contributed by atoms with Crippen molar-refractivity contribution >= 4 is 55.8 Å².